The summed E-state index contributed by atoms with van der Waals surface area (Å²) in [5, 5.41) is 0.0747. The normalized spacial score (nSPS) is 11.2. The van der Waals surface area contributed by atoms with Crippen LogP contribution in [-0.4, -0.2) is 13.0 Å². The zero-order valence-electron chi connectivity index (χ0n) is 7.43. The third-order valence-electron chi connectivity index (χ3n) is 1.65. The Morgan fingerprint density at radius 3 is 2.43 bits per heavy atom. The molecule has 0 saturated heterocycles. The largest absolute Gasteiger partial charge is 1.00 e. The van der Waals surface area contributed by atoms with E-state index in [0.29, 0.717) is 11.0 Å². The molecule has 0 aliphatic carbocycles. The predicted molar refractivity (Wildman–Crippen MR) is 44.2 cm³/mol. The molecule has 0 saturated carbocycles. The number of fused-ring (bicyclic) bond motifs is 1. The second-order valence-corrected chi connectivity index (χ2v) is 3.87. The molecule has 0 spiro atoms. The molecular formula is C8H5NaO4S. The topological polar surface area (TPSA) is 70.3 Å². The van der Waals surface area contributed by atoms with Crippen molar-refractivity contribution in [1.82, 2.24) is 0 Å². The molecule has 0 amide bonds. The Balaban J connectivity index is 0.000000980. The monoisotopic (exact) mass is 220 g/mol. The van der Waals surface area contributed by atoms with Crippen LogP contribution in [0.15, 0.2) is 39.8 Å². The van der Waals surface area contributed by atoms with Gasteiger partial charge in [-0.05, 0) is 6.07 Å². The number of hydrogen-bond donors (Lipinski definition) is 0. The maximum atomic E-state index is 10.6. The second-order valence-electron chi connectivity index (χ2n) is 2.56. The van der Waals surface area contributed by atoms with Crippen LogP contribution in [-0.2, 0) is 10.1 Å². The SMILES string of the molecule is O=S(=O)([O-])c1cc2ccccc2o1.[Na+]. The summed E-state index contributed by atoms with van der Waals surface area (Å²) in [4.78, 5) is 0. The zero-order chi connectivity index (χ0) is 9.47. The molecule has 0 fully saturated rings. The van der Waals surface area contributed by atoms with Crippen LogP contribution in [0.2, 0.25) is 0 Å². The maximum absolute atomic E-state index is 10.6. The summed E-state index contributed by atoms with van der Waals surface area (Å²) in [6.45, 7) is 0. The molecule has 0 unspecified atom stereocenters. The van der Waals surface area contributed by atoms with E-state index in [0.717, 1.165) is 0 Å². The molecule has 14 heavy (non-hydrogen) atoms. The minimum atomic E-state index is -4.48. The van der Waals surface area contributed by atoms with Gasteiger partial charge in [0.15, 0.2) is 10.1 Å². The van der Waals surface area contributed by atoms with Crippen LogP contribution in [0.1, 0.15) is 0 Å². The second kappa shape index (κ2) is 4.04. The van der Waals surface area contributed by atoms with Gasteiger partial charge in [-0.2, -0.15) is 0 Å². The minimum absolute atomic E-state index is 0. The molecule has 4 nitrogen and oxygen atoms in total. The first-order valence-electron chi connectivity index (χ1n) is 3.52. The van der Waals surface area contributed by atoms with Crippen LogP contribution < -0.4 is 29.6 Å². The molecule has 1 aromatic heterocycles. The minimum Gasteiger partial charge on any atom is -0.742 e. The van der Waals surface area contributed by atoms with Gasteiger partial charge in [0.25, 0.3) is 0 Å². The van der Waals surface area contributed by atoms with Gasteiger partial charge in [-0.3, -0.25) is 0 Å². The molecule has 0 radical (unpaired) electrons. The van der Waals surface area contributed by atoms with Gasteiger partial charge in [0, 0.05) is 11.5 Å². The number of furan rings is 1. The van der Waals surface area contributed by atoms with E-state index in [-0.39, 0.29) is 29.6 Å². The number of rotatable bonds is 1. The number of benzene rings is 1. The van der Waals surface area contributed by atoms with Crippen molar-refractivity contribution in [1.29, 1.82) is 0 Å². The standard InChI is InChI=1S/C8H6O4S.Na/c9-13(10,11)8-5-6-3-1-2-4-7(6)12-8;/h1-5H,(H,9,10,11);/q;+1/p-1. The van der Waals surface area contributed by atoms with Crippen molar-refractivity contribution in [3.05, 3.63) is 30.3 Å². The molecule has 0 N–H and O–H groups in total. The van der Waals surface area contributed by atoms with E-state index < -0.39 is 15.2 Å². The summed E-state index contributed by atoms with van der Waals surface area (Å²) in [5.74, 6) is 0. The van der Waals surface area contributed by atoms with Gasteiger partial charge in [-0.25, -0.2) is 8.42 Å². The van der Waals surface area contributed by atoms with Crippen molar-refractivity contribution in [3.63, 3.8) is 0 Å². The van der Waals surface area contributed by atoms with Gasteiger partial charge >= 0.3 is 29.6 Å². The first kappa shape index (κ1) is 11.7. The van der Waals surface area contributed by atoms with Crippen molar-refractivity contribution >= 4 is 21.1 Å². The van der Waals surface area contributed by atoms with E-state index in [9.17, 15) is 13.0 Å². The summed E-state index contributed by atoms with van der Waals surface area (Å²) in [5.41, 5.74) is 0.400. The number of hydrogen-bond acceptors (Lipinski definition) is 4. The van der Waals surface area contributed by atoms with Crippen molar-refractivity contribution in [3.8, 4) is 0 Å². The zero-order valence-corrected chi connectivity index (χ0v) is 10.2. The molecule has 2 rings (SSSR count). The maximum Gasteiger partial charge on any atom is 1.00 e. The third kappa shape index (κ3) is 2.18. The first-order valence-corrected chi connectivity index (χ1v) is 4.93. The van der Waals surface area contributed by atoms with E-state index in [1.807, 2.05) is 0 Å². The molecular weight excluding hydrogens is 215 g/mol. The summed E-state index contributed by atoms with van der Waals surface area (Å²) < 4.78 is 36.5. The molecule has 1 aromatic carbocycles. The quantitative estimate of drug-likeness (QED) is 0.426. The van der Waals surface area contributed by atoms with Crippen LogP contribution in [0.4, 0.5) is 0 Å². The Bertz CT molecular complexity index is 510. The molecule has 0 aliphatic heterocycles. The van der Waals surface area contributed by atoms with E-state index in [1.165, 1.54) is 6.07 Å². The van der Waals surface area contributed by atoms with E-state index in [2.05, 4.69) is 0 Å². The van der Waals surface area contributed by atoms with Gasteiger partial charge in [0.05, 0.1) is 0 Å². The summed E-state index contributed by atoms with van der Waals surface area (Å²) >= 11 is 0. The first-order chi connectivity index (χ1) is 6.07. The molecule has 0 bridgehead atoms. The van der Waals surface area contributed by atoms with E-state index >= 15 is 0 Å². The van der Waals surface area contributed by atoms with E-state index in [1.54, 1.807) is 24.3 Å². The van der Waals surface area contributed by atoms with Gasteiger partial charge in [-0.15, -0.1) is 0 Å². The van der Waals surface area contributed by atoms with Crippen molar-refractivity contribution in [2.45, 2.75) is 5.09 Å². The van der Waals surface area contributed by atoms with Gasteiger partial charge in [0.1, 0.15) is 5.58 Å². The van der Waals surface area contributed by atoms with Crippen LogP contribution in [0.5, 0.6) is 0 Å². The molecule has 0 atom stereocenters. The Labute approximate surface area is 103 Å². The third-order valence-corrected chi connectivity index (χ3v) is 2.34. The van der Waals surface area contributed by atoms with Crippen LogP contribution in [0.25, 0.3) is 11.0 Å². The van der Waals surface area contributed by atoms with Gasteiger partial charge in [-0.1, -0.05) is 18.2 Å². The van der Waals surface area contributed by atoms with Gasteiger partial charge in [0.2, 0.25) is 5.09 Å². The molecule has 6 heteroatoms. The molecule has 2 aromatic rings. The Morgan fingerprint density at radius 1 is 1.21 bits per heavy atom. The fourth-order valence-electron chi connectivity index (χ4n) is 1.08. The summed E-state index contributed by atoms with van der Waals surface area (Å²) in [6.07, 6.45) is 0. The van der Waals surface area contributed by atoms with Crippen LogP contribution in [0, 0.1) is 0 Å². The van der Waals surface area contributed by atoms with Crippen LogP contribution >= 0.6 is 0 Å². The van der Waals surface area contributed by atoms with E-state index in [4.69, 9.17) is 4.42 Å². The summed E-state index contributed by atoms with van der Waals surface area (Å²) in [6, 6.07) is 7.93. The van der Waals surface area contributed by atoms with Crippen molar-refractivity contribution in [2.75, 3.05) is 0 Å². The van der Waals surface area contributed by atoms with Gasteiger partial charge < -0.3 is 8.97 Å². The molecule has 68 valence electrons. The fourth-order valence-corrected chi connectivity index (χ4v) is 1.54. The number of para-hydroxylation sites is 1. The van der Waals surface area contributed by atoms with Crippen LogP contribution in [0.3, 0.4) is 0 Å². The summed E-state index contributed by atoms with van der Waals surface area (Å²) in [7, 11) is -4.48. The fraction of sp³-hybridized carbons (Fsp3) is 0. The molecule has 1 heterocycles. The molecule has 0 aliphatic rings. The smallest absolute Gasteiger partial charge is 0.742 e. The van der Waals surface area contributed by atoms with Crippen molar-refractivity contribution < 1.29 is 46.9 Å². The average molecular weight is 220 g/mol. The van der Waals surface area contributed by atoms with Crippen molar-refractivity contribution in [2.24, 2.45) is 0 Å². The Hall–Kier alpha value is -0.330. The Morgan fingerprint density at radius 2 is 1.86 bits per heavy atom. The Kier molecular flexibility index (Phi) is 3.39. The predicted octanol–water partition coefficient (Wildman–Crippen LogP) is -1.66. The average Bonchev–Trinajstić information content (AvgIpc) is 2.45.